The van der Waals surface area contributed by atoms with Crippen LogP contribution in [0.1, 0.15) is 25.7 Å². The highest BCUT2D eigenvalue weighted by atomic mass is 16.5. The number of rotatable bonds is 3. The smallest absolute Gasteiger partial charge is 0.248 e. The van der Waals surface area contributed by atoms with E-state index in [4.69, 9.17) is 10.5 Å². The zero-order valence-corrected chi connectivity index (χ0v) is 11.9. The Balaban J connectivity index is 1.84. The normalized spacial score (nSPS) is 15.5. The minimum absolute atomic E-state index is 0.386. The molecule has 0 saturated carbocycles. The van der Waals surface area contributed by atoms with Gasteiger partial charge in [-0.05, 0) is 25.0 Å². The first-order chi connectivity index (χ1) is 10.3. The van der Waals surface area contributed by atoms with E-state index in [1.165, 1.54) is 32.0 Å². The van der Waals surface area contributed by atoms with Gasteiger partial charge in [-0.3, -0.25) is 4.98 Å². The number of nitrogen functional groups attached to an aromatic ring is 1. The Morgan fingerprint density at radius 1 is 1.10 bits per heavy atom. The van der Waals surface area contributed by atoms with Crippen LogP contribution >= 0.6 is 0 Å². The second kappa shape index (κ2) is 6.39. The molecule has 21 heavy (non-hydrogen) atoms. The fourth-order valence-electron chi connectivity index (χ4n) is 2.51. The zero-order chi connectivity index (χ0) is 14.5. The molecule has 2 N–H and O–H groups in total. The lowest BCUT2D eigenvalue weighted by Gasteiger charge is -2.23. The first-order valence-electron chi connectivity index (χ1n) is 7.28. The summed E-state index contributed by atoms with van der Waals surface area (Å²) in [7, 11) is 0. The molecule has 6 heteroatoms. The van der Waals surface area contributed by atoms with Gasteiger partial charge in [-0.15, -0.1) is 0 Å². The quantitative estimate of drug-likeness (QED) is 0.934. The van der Waals surface area contributed by atoms with Crippen molar-refractivity contribution in [1.82, 2.24) is 15.0 Å². The topological polar surface area (TPSA) is 77.2 Å². The molecule has 0 amide bonds. The molecule has 3 rings (SSSR count). The van der Waals surface area contributed by atoms with Crippen molar-refractivity contribution in [3.05, 3.63) is 30.9 Å². The van der Waals surface area contributed by atoms with E-state index >= 15 is 0 Å². The molecule has 0 spiro atoms. The van der Waals surface area contributed by atoms with Crippen molar-refractivity contribution < 1.29 is 4.74 Å². The molecule has 0 aromatic carbocycles. The number of pyridine rings is 1. The predicted molar refractivity (Wildman–Crippen MR) is 81.4 cm³/mol. The van der Waals surface area contributed by atoms with Gasteiger partial charge in [0.25, 0.3) is 0 Å². The number of ether oxygens (including phenoxy) is 1. The van der Waals surface area contributed by atoms with Gasteiger partial charge < -0.3 is 15.4 Å². The number of nitrogens with zero attached hydrogens (tertiary/aromatic N) is 4. The minimum atomic E-state index is 0.386. The molecule has 2 aromatic rings. The van der Waals surface area contributed by atoms with Gasteiger partial charge >= 0.3 is 0 Å². The minimum Gasteiger partial charge on any atom is -0.435 e. The Bertz CT molecular complexity index is 582. The van der Waals surface area contributed by atoms with Crippen molar-refractivity contribution in [2.45, 2.75) is 25.7 Å². The Kier molecular flexibility index (Phi) is 4.14. The molecule has 0 unspecified atom stereocenters. The molecule has 1 saturated heterocycles. The molecule has 0 aliphatic carbocycles. The average molecular weight is 285 g/mol. The van der Waals surface area contributed by atoms with E-state index < -0.39 is 0 Å². The third kappa shape index (κ3) is 3.21. The van der Waals surface area contributed by atoms with Crippen molar-refractivity contribution in [2.75, 3.05) is 23.7 Å². The van der Waals surface area contributed by atoms with Crippen LogP contribution in [0.5, 0.6) is 11.6 Å². The molecule has 1 aliphatic rings. The van der Waals surface area contributed by atoms with E-state index in [0.29, 0.717) is 17.3 Å². The summed E-state index contributed by atoms with van der Waals surface area (Å²) in [6.07, 6.45) is 9.69. The Morgan fingerprint density at radius 3 is 2.62 bits per heavy atom. The molecular weight excluding hydrogens is 266 g/mol. The van der Waals surface area contributed by atoms with Gasteiger partial charge in [0.15, 0.2) is 5.82 Å². The second-order valence-corrected chi connectivity index (χ2v) is 5.11. The number of anilines is 2. The average Bonchev–Trinajstić information content (AvgIpc) is 2.80. The lowest BCUT2D eigenvalue weighted by Crippen LogP contribution is -2.26. The van der Waals surface area contributed by atoms with Crippen molar-refractivity contribution >= 4 is 11.5 Å². The monoisotopic (exact) mass is 285 g/mol. The molecule has 3 heterocycles. The van der Waals surface area contributed by atoms with E-state index in [2.05, 4.69) is 19.9 Å². The number of aromatic nitrogens is 3. The maximum Gasteiger partial charge on any atom is 0.248 e. The van der Waals surface area contributed by atoms with Gasteiger partial charge in [0, 0.05) is 19.3 Å². The predicted octanol–water partition coefficient (Wildman–Crippen LogP) is 2.63. The molecular formula is C15H19N5O. The standard InChI is InChI=1S/C15H19N5O/c16-13-14(20-8-3-1-2-4-9-20)18-11-19-15(13)21-12-6-5-7-17-10-12/h5-7,10-11H,1-4,8-9,16H2. The SMILES string of the molecule is Nc1c(Oc2cccnc2)ncnc1N1CCCCCC1. The third-order valence-corrected chi connectivity index (χ3v) is 3.58. The van der Waals surface area contributed by atoms with Crippen molar-refractivity contribution in [2.24, 2.45) is 0 Å². The fourth-order valence-corrected chi connectivity index (χ4v) is 2.51. The van der Waals surface area contributed by atoms with Gasteiger partial charge in [0.1, 0.15) is 17.8 Å². The Hall–Kier alpha value is -2.37. The summed E-state index contributed by atoms with van der Waals surface area (Å²) >= 11 is 0. The number of hydrogen-bond acceptors (Lipinski definition) is 6. The summed E-state index contributed by atoms with van der Waals surface area (Å²) in [5.74, 6) is 1.77. The van der Waals surface area contributed by atoms with E-state index in [9.17, 15) is 0 Å². The maximum atomic E-state index is 6.20. The summed E-state index contributed by atoms with van der Waals surface area (Å²) in [6.45, 7) is 1.96. The molecule has 0 bridgehead atoms. The van der Waals surface area contributed by atoms with Crippen LogP contribution in [0.15, 0.2) is 30.9 Å². The lowest BCUT2D eigenvalue weighted by molar-refractivity contribution is 0.462. The van der Waals surface area contributed by atoms with E-state index in [-0.39, 0.29) is 0 Å². The zero-order valence-electron chi connectivity index (χ0n) is 11.9. The third-order valence-electron chi connectivity index (χ3n) is 3.58. The largest absolute Gasteiger partial charge is 0.435 e. The van der Waals surface area contributed by atoms with Crippen LogP contribution in [0, 0.1) is 0 Å². The first kappa shape index (κ1) is 13.6. The van der Waals surface area contributed by atoms with Crippen molar-refractivity contribution in [1.29, 1.82) is 0 Å². The van der Waals surface area contributed by atoms with Gasteiger partial charge in [-0.25, -0.2) is 4.98 Å². The second-order valence-electron chi connectivity index (χ2n) is 5.11. The van der Waals surface area contributed by atoms with Crippen LogP contribution in [0.4, 0.5) is 11.5 Å². The molecule has 0 atom stereocenters. The summed E-state index contributed by atoms with van der Waals surface area (Å²) in [5.41, 5.74) is 6.69. The molecule has 110 valence electrons. The number of nitrogens with two attached hydrogens (primary N) is 1. The van der Waals surface area contributed by atoms with Crippen LogP contribution < -0.4 is 15.4 Å². The molecule has 1 fully saturated rings. The van der Waals surface area contributed by atoms with Crippen LogP contribution in [0.2, 0.25) is 0 Å². The van der Waals surface area contributed by atoms with Crippen LogP contribution in [0.3, 0.4) is 0 Å². The van der Waals surface area contributed by atoms with Crippen LogP contribution in [-0.4, -0.2) is 28.0 Å². The molecule has 6 nitrogen and oxygen atoms in total. The van der Waals surface area contributed by atoms with E-state index in [1.807, 2.05) is 12.1 Å². The summed E-state index contributed by atoms with van der Waals surface area (Å²) < 4.78 is 5.71. The van der Waals surface area contributed by atoms with Gasteiger partial charge in [0.05, 0.1) is 6.20 Å². The Morgan fingerprint density at radius 2 is 1.90 bits per heavy atom. The molecule has 2 aromatic heterocycles. The highest BCUT2D eigenvalue weighted by Crippen LogP contribution is 2.31. The first-order valence-corrected chi connectivity index (χ1v) is 7.28. The van der Waals surface area contributed by atoms with Gasteiger partial charge in [-0.1, -0.05) is 12.8 Å². The highest BCUT2D eigenvalue weighted by molar-refractivity contribution is 5.68. The van der Waals surface area contributed by atoms with Gasteiger partial charge in [-0.2, -0.15) is 4.98 Å². The maximum absolute atomic E-state index is 6.20. The Labute approximate surface area is 124 Å². The van der Waals surface area contributed by atoms with Crippen molar-refractivity contribution in [3.8, 4) is 11.6 Å². The van der Waals surface area contributed by atoms with Crippen LogP contribution in [0.25, 0.3) is 0 Å². The van der Waals surface area contributed by atoms with Gasteiger partial charge in [0.2, 0.25) is 5.88 Å². The lowest BCUT2D eigenvalue weighted by atomic mass is 10.2. The van der Waals surface area contributed by atoms with Crippen molar-refractivity contribution in [3.63, 3.8) is 0 Å². The molecule has 1 aliphatic heterocycles. The summed E-state index contributed by atoms with van der Waals surface area (Å²) in [6, 6.07) is 3.63. The van der Waals surface area contributed by atoms with E-state index in [0.717, 1.165) is 18.9 Å². The fraction of sp³-hybridized carbons (Fsp3) is 0.400. The highest BCUT2D eigenvalue weighted by Gasteiger charge is 2.17. The summed E-state index contributed by atoms with van der Waals surface area (Å²) in [4.78, 5) is 14.7. The van der Waals surface area contributed by atoms with Crippen LogP contribution in [-0.2, 0) is 0 Å². The molecule has 0 radical (unpaired) electrons. The van der Waals surface area contributed by atoms with E-state index in [1.54, 1.807) is 12.4 Å². The summed E-state index contributed by atoms with van der Waals surface area (Å²) in [5, 5.41) is 0. The number of hydrogen-bond donors (Lipinski definition) is 1.